The third kappa shape index (κ3) is 3.37. The second-order valence-corrected chi connectivity index (χ2v) is 8.41. The molecule has 96 valence electrons. The molecule has 0 spiro atoms. The van der Waals surface area contributed by atoms with E-state index in [4.69, 9.17) is 11.6 Å². The molecule has 1 aromatic heterocycles. The van der Waals surface area contributed by atoms with E-state index in [2.05, 4.69) is 47.8 Å². The van der Waals surface area contributed by atoms with Crippen molar-refractivity contribution in [3.05, 3.63) is 53.8 Å². The molecule has 2 aromatic rings. The van der Waals surface area contributed by atoms with Gasteiger partial charge in [-0.05, 0) is 56.5 Å². The fraction of sp³-hybridized carbons (Fsp3) is 0.167. The van der Waals surface area contributed by atoms with Gasteiger partial charge in [-0.15, -0.1) is 11.3 Å². The molecule has 0 aliphatic heterocycles. The maximum atomic E-state index is 13.7. The minimum atomic E-state index is -0.262. The van der Waals surface area contributed by atoms with Gasteiger partial charge in [0.2, 0.25) is 0 Å². The summed E-state index contributed by atoms with van der Waals surface area (Å²) < 4.78 is 15.7. The highest BCUT2D eigenvalue weighted by Crippen LogP contribution is 2.40. The zero-order chi connectivity index (χ0) is 13.3. The molecule has 0 amide bonds. The fourth-order valence-corrected chi connectivity index (χ4v) is 4.57. The van der Waals surface area contributed by atoms with Gasteiger partial charge in [0.15, 0.2) is 0 Å². The molecule has 2 rings (SSSR count). The lowest BCUT2D eigenvalue weighted by Gasteiger charge is -2.10. The second kappa shape index (κ2) is 6.35. The monoisotopic (exact) mass is 474 g/mol. The molecule has 18 heavy (non-hydrogen) atoms. The molecule has 1 atom stereocenters. The highest BCUT2D eigenvalue weighted by Gasteiger charge is 2.17. The molecule has 0 N–H and O–H groups in total. The Bertz CT molecular complexity index is 531. The summed E-state index contributed by atoms with van der Waals surface area (Å²) >= 11 is 18.1. The molecular formula is C12H7Br3ClFS. The number of halogens is 5. The molecular weight excluding hydrogens is 470 g/mol. The van der Waals surface area contributed by atoms with E-state index in [-0.39, 0.29) is 10.6 Å². The van der Waals surface area contributed by atoms with Crippen LogP contribution in [0.1, 0.15) is 15.3 Å². The van der Waals surface area contributed by atoms with Gasteiger partial charge in [0.1, 0.15) is 5.82 Å². The zero-order valence-corrected chi connectivity index (χ0v) is 15.2. The predicted octanol–water partition coefficient (Wildman–Crippen LogP) is 6.74. The molecule has 0 fully saturated rings. The van der Waals surface area contributed by atoms with Crippen LogP contribution in [0.15, 0.2) is 32.5 Å². The molecule has 1 unspecified atom stereocenters. The first-order valence-electron chi connectivity index (χ1n) is 5.00. The molecule has 0 nitrogen and oxygen atoms in total. The summed E-state index contributed by atoms with van der Waals surface area (Å²) in [4.78, 5) is 1.16. The average molecular weight is 477 g/mol. The van der Waals surface area contributed by atoms with E-state index < -0.39 is 0 Å². The summed E-state index contributed by atoms with van der Waals surface area (Å²) in [6.07, 6.45) is 0.519. The molecule has 6 heteroatoms. The largest absolute Gasteiger partial charge is 0.207 e. The maximum Gasteiger partial charge on any atom is 0.127 e. The van der Waals surface area contributed by atoms with Crippen molar-refractivity contribution >= 4 is 70.7 Å². The summed E-state index contributed by atoms with van der Waals surface area (Å²) in [7, 11) is 0. The molecule has 0 saturated carbocycles. The third-order valence-electron chi connectivity index (χ3n) is 2.42. The summed E-state index contributed by atoms with van der Waals surface area (Å²) in [6.45, 7) is 0. The number of hydrogen-bond donors (Lipinski definition) is 0. The molecule has 0 bridgehead atoms. The smallest absolute Gasteiger partial charge is 0.127 e. The zero-order valence-electron chi connectivity index (χ0n) is 8.89. The summed E-state index contributed by atoms with van der Waals surface area (Å²) in [5, 5.41) is 0.467. The number of benzene rings is 1. The SMILES string of the molecule is Fc1cccc(Cl)c1CC(Br)c1cc(Br)c(Br)s1. The highest BCUT2D eigenvalue weighted by atomic mass is 79.9. The van der Waals surface area contributed by atoms with E-state index in [0.717, 1.165) is 13.1 Å². The van der Waals surface area contributed by atoms with Crippen molar-refractivity contribution in [3.8, 4) is 0 Å². The van der Waals surface area contributed by atoms with E-state index >= 15 is 0 Å². The van der Waals surface area contributed by atoms with Gasteiger partial charge >= 0.3 is 0 Å². The van der Waals surface area contributed by atoms with Crippen molar-refractivity contribution in [2.45, 2.75) is 11.2 Å². The van der Waals surface area contributed by atoms with Gasteiger partial charge in [0.05, 0.1) is 8.61 Å². The van der Waals surface area contributed by atoms with Crippen LogP contribution in [0.2, 0.25) is 5.02 Å². The number of hydrogen-bond acceptors (Lipinski definition) is 1. The van der Waals surface area contributed by atoms with Crippen LogP contribution in [-0.2, 0) is 6.42 Å². The first kappa shape index (κ1) is 15.0. The van der Waals surface area contributed by atoms with Gasteiger partial charge < -0.3 is 0 Å². The van der Waals surface area contributed by atoms with E-state index in [1.165, 1.54) is 6.07 Å². The Kier molecular flexibility index (Phi) is 5.29. The van der Waals surface area contributed by atoms with Crippen molar-refractivity contribution < 1.29 is 4.39 Å². The van der Waals surface area contributed by atoms with Gasteiger partial charge in [0, 0.05) is 19.9 Å². The lowest BCUT2D eigenvalue weighted by molar-refractivity contribution is 0.609. The van der Waals surface area contributed by atoms with Crippen LogP contribution in [0.3, 0.4) is 0 Å². The molecule has 0 aliphatic rings. The van der Waals surface area contributed by atoms with Crippen molar-refractivity contribution in [1.29, 1.82) is 0 Å². The van der Waals surface area contributed by atoms with Crippen molar-refractivity contribution in [2.75, 3.05) is 0 Å². The van der Waals surface area contributed by atoms with Crippen LogP contribution in [0.5, 0.6) is 0 Å². The Balaban J connectivity index is 2.23. The number of thiophene rings is 1. The average Bonchev–Trinajstić information content (AvgIpc) is 2.64. The maximum absolute atomic E-state index is 13.7. The quantitative estimate of drug-likeness (QED) is 0.430. The van der Waals surface area contributed by atoms with Crippen LogP contribution in [0, 0.1) is 5.82 Å². The van der Waals surface area contributed by atoms with Crippen LogP contribution in [0.4, 0.5) is 4.39 Å². The van der Waals surface area contributed by atoms with E-state index in [1.807, 2.05) is 6.07 Å². The van der Waals surface area contributed by atoms with Gasteiger partial charge in [-0.2, -0.15) is 0 Å². The standard InChI is InChI=1S/C12H7Br3ClFS/c13-7(11-5-8(14)12(15)18-11)4-6-9(16)2-1-3-10(6)17/h1-3,5,7H,4H2. The van der Waals surface area contributed by atoms with Crippen LogP contribution in [0.25, 0.3) is 0 Å². The Morgan fingerprint density at radius 3 is 2.61 bits per heavy atom. The Morgan fingerprint density at radius 1 is 1.33 bits per heavy atom. The van der Waals surface area contributed by atoms with Crippen LogP contribution < -0.4 is 0 Å². The lowest BCUT2D eigenvalue weighted by atomic mass is 10.1. The first-order chi connectivity index (χ1) is 8.49. The first-order valence-corrected chi connectivity index (χ1v) is 8.70. The van der Waals surface area contributed by atoms with E-state index in [1.54, 1.807) is 23.5 Å². The van der Waals surface area contributed by atoms with Crippen LogP contribution >= 0.6 is 70.7 Å². The normalized spacial score (nSPS) is 12.7. The van der Waals surface area contributed by atoms with Crippen LogP contribution in [-0.4, -0.2) is 0 Å². The van der Waals surface area contributed by atoms with Gasteiger partial charge in [-0.1, -0.05) is 33.6 Å². The highest BCUT2D eigenvalue weighted by molar-refractivity contribution is 9.13. The van der Waals surface area contributed by atoms with Gasteiger partial charge in [0.25, 0.3) is 0 Å². The fourth-order valence-electron chi connectivity index (χ4n) is 1.52. The summed E-state index contributed by atoms with van der Waals surface area (Å²) in [6, 6.07) is 6.77. The Hall–Kier alpha value is 0.580. The molecule has 0 aliphatic carbocycles. The minimum absolute atomic E-state index is 0.0412. The lowest BCUT2D eigenvalue weighted by Crippen LogP contribution is -1.97. The third-order valence-corrected chi connectivity index (χ3v) is 7.26. The Morgan fingerprint density at radius 2 is 2.06 bits per heavy atom. The van der Waals surface area contributed by atoms with E-state index in [0.29, 0.717) is 17.0 Å². The number of rotatable bonds is 3. The second-order valence-electron chi connectivity index (χ2n) is 3.64. The van der Waals surface area contributed by atoms with Crippen molar-refractivity contribution in [2.24, 2.45) is 0 Å². The van der Waals surface area contributed by atoms with Crippen molar-refractivity contribution in [1.82, 2.24) is 0 Å². The summed E-state index contributed by atoms with van der Waals surface area (Å²) in [5.74, 6) is -0.262. The molecule has 1 aromatic carbocycles. The van der Waals surface area contributed by atoms with Gasteiger partial charge in [-0.25, -0.2) is 4.39 Å². The molecule has 0 saturated heterocycles. The molecule has 1 heterocycles. The van der Waals surface area contributed by atoms with Gasteiger partial charge in [-0.3, -0.25) is 0 Å². The van der Waals surface area contributed by atoms with Crippen molar-refractivity contribution in [3.63, 3.8) is 0 Å². The minimum Gasteiger partial charge on any atom is -0.207 e. The Labute approximate surface area is 139 Å². The topological polar surface area (TPSA) is 0 Å². The predicted molar refractivity (Wildman–Crippen MR) is 86.5 cm³/mol. The summed E-state index contributed by atoms with van der Waals surface area (Å²) in [5.41, 5.74) is 0.543. The number of alkyl halides is 1. The van der Waals surface area contributed by atoms with E-state index in [9.17, 15) is 4.39 Å². The molecule has 0 radical (unpaired) electrons.